The number of benzene rings is 2. The molecule has 22 heavy (non-hydrogen) atoms. The van der Waals surface area contributed by atoms with E-state index in [2.05, 4.69) is 16.2 Å². The number of amides is 1. The van der Waals surface area contributed by atoms with Crippen LogP contribution >= 0.6 is 35.6 Å². The smallest absolute Gasteiger partial charge is 0.248 e. The van der Waals surface area contributed by atoms with E-state index in [1.807, 2.05) is 43.3 Å². The Kier molecular flexibility index (Phi) is 6.30. The molecule has 0 aromatic heterocycles. The number of hydrogen-bond donors (Lipinski definition) is 3. The second-order valence-electron chi connectivity index (χ2n) is 4.42. The molecule has 0 aliphatic rings. The highest BCUT2D eigenvalue weighted by molar-refractivity contribution is 8.00. The molecule has 2 aromatic carbocycles. The molecule has 2 rings (SSSR count). The van der Waals surface area contributed by atoms with E-state index >= 15 is 0 Å². The van der Waals surface area contributed by atoms with Gasteiger partial charge in [0.05, 0.1) is 5.75 Å². The van der Waals surface area contributed by atoms with Crippen molar-refractivity contribution < 1.29 is 4.79 Å². The van der Waals surface area contributed by atoms with E-state index < -0.39 is 0 Å². The summed E-state index contributed by atoms with van der Waals surface area (Å²) in [4.78, 5) is 12.8. The first-order valence-electron chi connectivity index (χ1n) is 6.74. The number of carbonyl (C=O) groups excluding carboxylic acids is 1. The molecule has 0 radical (unpaired) electrons. The number of hydrazine groups is 1. The molecule has 4 nitrogen and oxygen atoms in total. The van der Waals surface area contributed by atoms with Gasteiger partial charge in [-0.1, -0.05) is 35.9 Å². The van der Waals surface area contributed by atoms with Crippen molar-refractivity contribution in [1.82, 2.24) is 16.2 Å². The fraction of sp³-hybridized carbons (Fsp3) is 0.200. The first-order chi connectivity index (χ1) is 10.6. The van der Waals surface area contributed by atoms with Crippen molar-refractivity contribution in [1.29, 1.82) is 0 Å². The van der Waals surface area contributed by atoms with Gasteiger partial charge < -0.3 is 5.32 Å². The Labute approximate surface area is 144 Å². The summed E-state index contributed by atoms with van der Waals surface area (Å²) < 4.78 is 0. The summed E-state index contributed by atoms with van der Waals surface area (Å²) >= 11 is 12.7. The quantitative estimate of drug-likeness (QED) is 0.448. The van der Waals surface area contributed by atoms with Gasteiger partial charge in [-0.05, 0) is 36.7 Å². The van der Waals surface area contributed by atoms with E-state index in [-0.39, 0.29) is 11.7 Å². The standard InChI is InChI=1S/C15H16ClN3OS2/c1-2-17-15(21)19-18-13(20)9-22-12-8-4-6-10-5-3-7-11(16)14(10)12/h3-8H,2,9H2,1H3,(H,18,20)(H2,17,19,21). The summed E-state index contributed by atoms with van der Waals surface area (Å²) in [6.07, 6.45) is 0. The minimum Gasteiger partial charge on any atom is -0.362 e. The molecule has 0 bridgehead atoms. The van der Waals surface area contributed by atoms with E-state index in [1.54, 1.807) is 0 Å². The van der Waals surface area contributed by atoms with E-state index in [1.165, 1.54) is 11.8 Å². The van der Waals surface area contributed by atoms with Crippen molar-refractivity contribution in [3.8, 4) is 0 Å². The third-order valence-corrected chi connectivity index (χ3v) is 4.45. The molecular weight excluding hydrogens is 338 g/mol. The molecule has 0 spiro atoms. The van der Waals surface area contributed by atoms with E-state index in [0.717, 1.165) is 15.7 Å². The zero-order valence-corrected chi connectivity index (χ0v) is 14.4. The van der Waals surface area contributed by atoms with Crippen LogP contribution in [0.5, 0.6) is 0 Å². The molecule has 7 heteroatoms. The Hall–Kier alpha value is -1.50. The summed E-state index contributed by atoms with van der Waals surface area (Å²) in [5, 5.41) is 6.00. The van der Waals surface area contributed by atoms with Crippen LogP contribution in [0.4, 0.5) is 0 Å². The van der Waals surface area contributed by atoms with Gasteiger partial charge in [-0.2, -0.15) is 0 Å². The summed E-state index contributed by atoms with van der Waals surface area (Å²) in [7, 11) is 0. The lowest BCUT2D eigenvalue weighted by molar-refractivity contribution is -0.119. The van der Waals surface area contributed by atoms with Crippen molar-refractivity contribution in [2.24, 2.45) is 0 Å². The van der Waals surface area contributed by atoms with Gasteiger partial charge in [-0.15, -0.1) is 11.8 Å². The Balaban J connectivity index is 1.97. The fourth-order valence-corrected chi connectivity index (χ4v) is 3.33. The van der Waals surface area contributed by atoms with Crippen LogP contribution in [0.3, 0.4) is 0 Å². The maximum Gasteiger partial charge on any atom is 0.248 e. The highest BCUT2D eigenvalue weighted by Crippen LogP contribution is 2.32. The molecule has 0 heterocycles. The molecular formula is C15H16ClN3OS2. The van der Waals surface area contributed by atoms with Gasteiger partial charge in [0.25, 0.3) is 0 Å². The summed E-state index contributed by atoms with van der Waals surface area (Å²) in [6.45, 7) is 2.63. The molecule has 0 atom stereocenters. The summed E-state index contributed by atoms with van der Waals surface area (Å²) in [5.74, 6) is 0.112. The second-order valence-corrected chi connectivity index (χ2v) is 6.25. The van der Waals surface area contributed by atoms with Crippen LogP contribution < -0.4 is 16.2 Å². The average Bonchev–Trinajstić information content (AvgIpc) is 2.51. The van der Waals surface area contributed by atoms with Crippen LogP contribution in [0.25, 0.3) is 10.8 Å². The van der Waals surface area contributed by atoms with Crippen LogP contribution in [-0.2, 0) is 4.79 Å². The molecule has 0 saturated carbocycles. The number of nitrogens with one attached hydrogen (secondary N) is 3. The van der Waals surface area contributed by atoms with Gasteiger partial charge in [0.15, 0.2) is 5.11 Å². The maximum atomic E-state index is 11.8. The second kappa shape index (κ2) is 8.22. The minimum absolute atomic E-state index is 0.158. The van der Waals surface area contributed by atoms with Gasteiger partial charge in [-0.3, -0.25) is 15.6 Å². The van der Waals surface area contributed by atoms with Crippen molar-refractivity contribution in [2.45, 2.75) is 11.8 Å². The highest BCUT2D eigenvalue weighted by Gasteiger charge is 2.08. The lowest BCUT2D eigenvalue weighted by atomic mass is 10.1. The van der Waals surface area contributed by atoms with Crippen LogP contribution in [0.15, 0.2) is 41.3 Å². The lowest BCUT2D eigenvalue weighted by Crippen LogP contribution is -2.47. The largest absolute Gasteiger partial charge is 0.362 e. The van der Waals surface area contributed by atoms with E-state index in [9.17, 15) is 4.79 Å². The lowest BCUT2D eigenvalue weighted by Gasteiger charge is -2.11. The number of carbonyl (C=O) groups is 1. The Morgan fingerprint density at radius 1 is 1.23 bits per heavy atom. The molecule has 0 saturated heterocycles. The van der Waals surface area contributed by atoms with Crippen molar-refractivity contribution in [3.63, 3.8) is 0 Å². The topological polar surface area (TPSA) is 53.2 Å². The first-order valence-corrected chi connectivity index (χ1v) is 8.51. The van der Waals surface area contributed by atoms with Crippen LogP contribution in [0.1, 0.15) is 6.92 Å². The Morgan fingerprint density at radius 3 is 2.68 bits per heavy atom. The molecule has 0 unspecified atom stereocenters. The predicted molar refractivity (Wildman–Crippen MR) is 97.2 cm³/mol. The third kappa shape index (κ3) is 4.50. The summed E-state index contributed by atoms with van der Waals surface area (Å²) in [5.41, 5.74) is 5.20. The molecule has 2 aromatic rings. The van der Waals surface area contributed by atoms with Crippen LogP contribution in [-0.4, -0.2) is 23.3 Å². The van der Waals surface area contributed by atoms with Crippen molar-refractivity contribution >= 4 is 57.4 Å². The monoisotopic (exact) mass is 353 g/mol. The van der Waals surface area contributed by atoms with Crippen molar-refractivity contribution in [2.75, 3.05) is 12.3 Å². The molecule has 116 valence electrons. The number of thioether (sulfide) groups is 1. The third-order valence-electron chi connectivity index (χ3n) is 2.83. The normalized spacial score (nSPS) is 10.3. The van der Waals surface area contributed by atoms with Crippen LogP contribution in [0, 0.1) is 0 Å². The van der Waals surface area contributed by atoms with Gasteiger partial charge in [0, 0.05) is 21.8 Å². The number of hydrogen-bond acceptors (Lipinski definition) is 3. The zero-order valence-electron chi connectivity index (χ0n) is 12.0. The Morgan fingerprint density at radius 2 is 1.95 bits per heavy atom. The molecule has 3 N–H and O–H groups in total. The van der Waals surface area contributed by atoms with Gasteiger partial charge in [0.1, 0.15) is 0 Å². The maximum absolute atomic E-state index is 11.8. The first kappa shape index (κ1) is 16.9. The Bertz CT molecular complexity index is 688. The molecule has 1 amide bonds. The molecule has 0 aliphatic carbocycles. The average molecular weight is 354 g/mol. The van der Waals surface area contributed by atoms with Crippen molar-refractivity contribution in [3.05, 3.63) is 41.4 Å². The fourth-order valence-electron chi connectivity index (χ4n) is 1.89. The molecule has 0 fully saturated rings. The van der Waals surface area contributed by atoms with Crippen LogP contribution in [0.2, 0.25) is 5.02 Å². The summed E-state index contributed by atoms with van der Waals surface area (Å²) in [6, 6.07) is 11.7. The highest BCUT2D eigenvalue weighted by atomic mass is 35.5. The number of halogens is 1. The number of thiocarbonyl (C=S) groups is 1. The predicted octanol–water partition coefficient (Wildman–Crippen LogP) is 3.10. The molecule has 0 aliphatic heterocycles. The zero-order chi connectivity index (χ0) is 15.9. The number of fused-ring (bicyclic) bond motifs is 1. The minimum atomic E-state index is -0.158. The SMILES string of the molecule is CCNC(=S)NNC(=O)CSc1cccc2cccc(Cl)c12. The van der Waals surface area contributed by atoms with E-state index in [4.69, 9.17) is 23.8 Å². The van der Waals surface area contributed by atoms with Gasteiger partial charge in [-0.25, -0.2) is 0 Å². The van der Waals surface area contributed by atoms with Gasteiger partial charge >= 0.3 is 0 Å². The number of rotatable bonds is 4. The van der Waals surface area contributed by atoms with E-state index in [0.29, 0.717) is 16.7 Å². The van der Waals surface area contributed by atoms with Gasteiger partial charge in [0.2, 0.25) is 5.91 Å².